The van der Waals surface area contributed by atoms with E-state index in [9.17, 15) is 0 Å². The van der Waals surface area contributed by atoms with Crippen molar-refractivity contribution in [1.29, 1.82) is 0 Å². The molecule has 84 valence electrons. The molecule has 1 aliphatic carbocycles. The van der Waals surface area contributed by atoms with E-state index in [4.69, 9.17) is 15.0 Å². The predicted octanol–water partition coefficient (Wildman–Crippen LogP) is 1.16. The summed E-state index contributed by atoms with van der Waals surface area (Å²) >= 11 is 0. The molecule has 15 heavy (non-hydrogen) atoms. The zero-order chi connectivity index (χ0) is 10.9. The first-order valence-corrected chi connectivity index (χ1v) is 5.27. The molecule has 0 saturated heterocycles. The van der Waals surface area contributed by atoms with Crippen molar-refractivity contribution in [2.45, 2.75) is 37.6 Å². The number of rotatable bonds is 4. The Balaban J connectivity index is 2.09. The van der Waals surface area contributed by atoms with Gasteiger partial charge in [-0.05, 0) is 19.3 Å². The summed E-state index contributed by atoms with van der Waals surface area (Å²) in [6.45, 7) is 2.57. The summed E-state index contributed by atoms with van der Waals surface area (Å²) in [6.07, 6.45) is 3.04. The van der Waals surface area contributed by atoms with Crippen LogP contribution in [-0.4, -0.2) is 23.9 Å². The van der Waals surface area contributed by atoms with E-state index in [-0.39, 0.29) is 11.5 Å². The Morgan fingerprint density at radius 3 is 2.87 bits per heavy atom. The topological polar surface area (TPSA) is 74.2 Å². The highest BCUT2D eigenvalue weighted by Crippen LogP contribution is 2.37. The Bertz CT molecular complexity index is 333. The average molecular weight is 211 g/mol. The molecule has 1 saturated carbocycles. The maximum atomic E-state index is 6.10. The van der Waals surface area contributed by atoms with Gasteiger partial charge in [-0.2, -0.15) is 4.98 Å². The molecule has 0 radical (unpaired) electrons. The van der Waals surface area contributed by atoms with Crippen molar-refractivity contribution in [2.24, 2.45) is 5.73 Å². The van der Waals surface area contributed by atoms with Crippen LogP contribution in [-0.2, 0) is 10.3 Å². The molecule has 0 aliphatic heterocycles. The summed E-state index contributed by atoms with van der Waals surface area (Å²) in [5.41, 5.74) is 5.76. The third-order valence-electron chi connectivity index (χ3n) is 2.97. The molecule has 2 N–H and O–H groups in total. The fourth-order valence-corrected chi connectivity index (χ4v) is 1.74. The van der Waals surface area contributed by atoms with Crippen LogP contribution >= 0.6 is 0 Å². The normalized spacial score (nSPS) is 21.0. The van der Waals surface area contributed by atoms with Crippen molar-refractivity contribution in [1.82, 2.24) is 10.1 Å². The van der Waals surface area contributed by atoms with Crippen molar-refractivity contribution in [3.05, 3.63) is 11.7 Å². The van der Waals surface area contributed by atoms with Gasteiger partial charge in [0.2, 0.25) is 5.89 Å². The highest BCUT2D eigenvalue weighted by atomic mass is 16.5. The Hall–Kier alpha value is -0.940. The molecule has 5 heteroatoms. The molecule has 1 unspecified atom stereocenters. The van der Waals surface area contributed by atoms with Crippen LogP contribution in [0.25, 0.3) is 0 Å². The quantitative estimate of drug-likeness (QED) is 0.808. The lowest BCUT2D eigenvalue weighted by Crippen LogP contribution is -2.44. The third kappa shape index (κ3) is 1.89. The zero-order valence-electron chi connectivity index (χ0n) is 9.19. The van der Waals surface area contributed by atoms with Crippen molar-refractivity contribution in [3.8, 4) is 0 Å². The largest absolute Gasteiger partial charge is 0.384 e. The SMILES string of the molecule is COCC(C)c1nc(C2(N)CCC2)no1. The average Bonchev–Trinajstić information content (AvgIpc) is 2.63. The third-order valence-corrected chi connectivity index (χ3v) is 2.97. The minimum Gasteiger partial charge on any atom is -0.384 e. The second-order valence-electron chi connectivity index (χ2n) is 4.32. The molecule has 1 aromatic rings. The van der Waals surface area contributed by atoms with E-state index >= 15 is 0 Å². The molecule has 0 aromatic carbocycles. The molecule has 1 heterocycles. The van der Waals surface area contributed by atoms with Crippen LogP contribution < -0.4 is 5.73 Å². The first-order valence-electron chi connectivity index (χ1n) is 5.27. The highest BCUT2D eigenvalue weighted by molar-refractivity contribution is 5.09. The summed E-state index contributed by atoms with van der Waals surface area (Å²) in [4.78, 5) is 4.34. The number of nitrogens with zero attached hydrogens (tertiary/aromatic N) is 2. The van der Waals surface area contributed by atoms with Crippen LogP contribution in [0.1, 0.15) is 43.8 Å². The Labute approximate surface area is 89.0 Å². The number of nitrogens with two attached hydrogens (primary N) is 1. The van der Waals surface area contributed by atoms with E-state index in [2.05, 4.69) is 10.1 Å². The van der Waals surface area contributed by atoms with E-state index in [1.807, 2.05) is 6.92 Å². The van der Waals surface area contributed by atoms with Crippen LogP contribution in [0.2, 0.25) is 0 Å². The molecule has 0 spiro atoms. The minimum absolute atomic E-state index is 0.125. The Morgan fingerprint density at radius 2 is 2.33 bits per heavy atom. The zero-order valence-corrected chi connectivity index (χ0v) is 9.19. The van der Waals surface area contributed by atoms with E-state index in [0.717, 1.165) is 19.3 Å². The maximum Gasteiger partial charge on any atom is 0.231 e. The fourth-order valence-electron chi connectivity index (χ4n) is 1.74. The minimum atomic E-state index is -0.339. The van der Waals surface area contributed by atoms with Gasteiger partial charge in [0.05, 0.1) is 18.1 Å². The number of hydrogen-bond acceptors (Lipinski definition) is 5. The van der Waals surface area contributed by atoms with Gasteiger partial charge in [-0.3, -0.25) is 0 Å². The van der Waals surface area contributed by atoms with Gasteiger partial charge in [0, 0.05) is 7.11 Å². The molecule has 1 aliphatic rings. The molecular formula is C10H17N3O2. The fraction of sp³-hybridized carbons (Fsp3) is 0.800. The molecular weight excluding hydrogens is 194 g/mol. The van der Waals surface area contributed by atoms with Gasteiger partial charge in [0.1, 0.15) is 0 Å². The van der Waals surface area contributed by atoms with Crippen LogP contribution in [0.4, 0.5) is 0 Å². The highest BCUT2D eigenvalue weighted by Gasteiger charge is 2.39. The standard InChI is InChI=1S/C10H17N3O2/c1-7(6-14-2)8-12-9(13-15-8)10(11)4-3-5-10/h7H,3-6,11H2,1-2H3. The number of hydrogen-bond donors (Lipinski definition) is 1. The summed E-state index contributed by atoms with van der Waals surface area (Å²) in [5, 5.41) is 3.95. The van der Waals surface area contributed by atoms with E-state index in [0.29, 0.717) is 18.3 Å². The molecule has 1 aromatic heterocycles. The van der Waals surface area contributed by atoms with Crippen LogP contribution in [0.15, 0.2) is 4.52 Å². The molecule has 0 bridgehead atoms. The van der Waals surface area contributed by atoms with Gasteiger partial charge in [-0.25, -0.2) is 0 Å². The van der Waals surface area contributed by atoms with Gasteiger partial charge in [-0.1, -0.05) is 12.1 Å². The number of aromatic nitrogens is 2. The van der Waals surface area contributed by atoms with Gasteiger partial charge < -0.3 is 15.0 Å². The van der Waals surface area contributed by atoms with Gasteiger partial charge >= 0.3 is 0 Å². The van der Waals surface area contributed by atoms with Gasteiger partial charge in [0.25, 0.3) is 0 Å². The summed E-state index contributed by atoms with van der Waals surface area (Å²) < 4.78 is 10.2. The van der Waals surface area contributed by atoms with Crippen LogP contribution in [0, 0.1) is 0 Å². The monoisotopic (exact) mass is 211 g/mol. The number of methoxy groups -OCH3 is 1. The maximum absolute atomic E-state index is 6.10. The van der Waals surface area contributed by atoms with Crippen molar-refractivity contribution >= 4 is 0 Å². The van der Waals surface area contributed by atoms with E-state index in [1.165, 1.54) is 0 Å². The van der Waals surface area contributed by atoms with Crippen molar-refractivity contribution in [3.63, 3.8) is 0 Å². The van der Waals surface area contributed by atoms with Crippen LogP contribution in [0.5, 0.6) is 0 Å². The second-order valence-corrected chi connectivity index (χ2v) is 4.32. The lowest BCUT2D eigenvalue weighted by Gasteiger charge is -2.34. The summed E-state index contributed by atoms with van der Waals surface area (Å²) in [5.74, 6) is 1.38. The molecule has 0 amide bonds. The first-order chi connectivity index (χ1) is 7.15. The van der Waals surface area contributed by atoms with E-state index < -0.39 is 0 Å². The van der Waals surface area contributed by atoms with E-state index in [1.54, 1.807) is 7.11 Å². The summed E-state index contributed by atoms with van der Waals surface area (Å²) in [6, 6.07) is 0. The first kappa shape index (κ1) is 10.6. The molecule has 1 fully saturated rings. The van der Waals surface area contributed by atoms with Gasteiger partial charge in [-0.15, -0.1) is 0 Å². The lowest BCUT2D eigenvalue weighted by atomic mass is 9.77. The van der Waals surface area contributed by atoms with Crippen LogP contribution in [0.3, 0.4) is 0 Å². The molecule has 5 nitrogen and oxygen atoms in total. The lowest BCUT2D eigenvalue weighted by molar-refractivity contribution is 0.170. The Morgan fingerprint density at radius 1 is 1.60 bits per heavy atom. The number of ether oxygens (including phenoxy) is 1. The molecule has 2 rings (SSSR count). The molecule has 1 atom stereocenters. The van der Waals surface area contributed by atoms with Crippen molar-refractivity contribution < 1.29 is 9.26 Å². The van der Waals surface area contributed by atoms with Crippen molar-refractivity contribution in [2.75, 3.05) is 13.7 Å². The smallest absolute Gasteiger partial charge is 0.231 e. The Kier molecular flexibility index (Phi) is 2.75. The summed E-state index contributed by atoms with van der Waals surface area (Å²) in [7, 11) is 1.66. The predicted molar refractivity (Wildman–Crippen MR) is 54.3 cm³/mol. The second kappa shape index (κ2) is 3.90. The van der Waals surface area contributed by atoms with Gasteiger partial charge in [0.15, 0.2) is 5.82 Å².